The van der Waals surface area contributed by atoms with Crippen molar-refractivity contribution >= 4 is 0 Å². The van der Waals surface area contributed by atoms with Gasteiger partial charge in [-0.15, -0.1) is 0 Å². The van der Waals surface area contributed by atoms with Gasteiger partial charge in [0.1, 0.15) is 5.76 Å². The van der Waals surface area contributed by atoms with E-state index < -0.39 is 0 Å². The lowest BCUT2D eigenvalue weighted by molar-refractivity contribution is -0.0591. The Kier molecular flexibility index (Phi) is 3.66. The van der Waals surface area contributed by atoms with E-state index >= 15 is 0 Å². The second-order valence-electron chi connectivity index (χ2n) is 4.72. The monoisotopic (exact) mass is 223 g/mol. The molecule has 0 radical (unpaired) electrons. The molecule has 1 atom stereocenters. The van der Waals surface area contributed by atoms with E-state index in [9.17, 15) is 0 Å². The third-order valence-electron chi connectivity index (χ3n) is 3.78. The van der Waals surface area contributed by atoms with Crippen LogP contribution in [0.25, 0.3) is 0 Å². The summed E-state index contributed by atoms with van der Waals surface area (Å²) in [7, 11) is 1.79. The van der Waals surface area contributed by atoms with Crippen molar-refractivity contribution in [3.8, 4) is 0 Å². The second-order valence-corrected chi connectivity index (χ2v) is 4.72. The van der Waals surface area contributed by atoms with Gasteiger partial charge in [0, 0.05) is 19.6 Å². The van der Waals surface area contributed by atoms with Crippen LogP contribution >= 0.6 is 0 Å². The van der Waals surface area contributed by atoms with Gasteiger partial charge in [-0.05, 0) is 25.0 Å². The average Bonchev–Trinajstić information content (AvgIpc) is 2.82. The molecule has 0 bridgehead atoms. The number of furan rings is 1. The van der Waals surface area contributed by atoms with Crippen LogP contribution in [0.15, 0.2) is 22.8 Å². The Bertz CT molecular complexity index is 302. The molecule has 16 heavy (non-hydrogen) atoms. The lowest BCUT2D eigenvalue weighted by Gasteiger charge is -2.40. The Morgan fingerprint density at radius 3 is 2.75 bits per heavy atom. The summed E-state index contributed by atoms with van der Waals surface area (Å²) in [6.45, 7) is 0. The van der Waals surface area contributed by atoms with E-state index in [1.807, 2.05) is 12.1 Å². The number of rotatable bonds is 4. The van der Waals surface area contributed by atoms with E-state index in [-0.39, 0.29) is 11.6 Å². The second kappa shape index (κ2) is 5.02. The van der Waals surface area contributed by atoms with Gasteiger partial charge in [0.15, 0.2) is 0 Å². The predicted molar refractivity (Wildman–Crippen MR) is 63.2 cm³/mol. The summed E-state index contributed by atoms with van der Waals surface area (Å²) >= 11 is 0. The molecule has 0 saturated heterocycles. The number of ether oxygens (including phenoxy) is 1. The molecular weight excluding hydrogens is 202 g/mol. The summed E-state index contributed by atoms with van der Waals surface area (Å²) in [6.07, 6.45) is 8.36. The molecule has 1 saturated carbocycles. The van der Waals surface area contributed by atoms with Crippen LogP contribution in [0, 0.1) is 0 Å². The first kappa shape index (κ1) is 11.7. The third-order valence-corrected chi connectivity index (χ3v) is 3.78. The quantitative estimate of drug-likeness (QED) is 0.853. The highest BCUT2D eigenvalue weighted by molar-refractivity contribution is 5.05. The minimum Gasteiger partial charge on any atom is -0.469 e. The minimum atomic E-state index is -0.134. The normalized spacial score (nSPS) is 21.9. The van der Waals surface area contributed by atoms with Crippen LogP contribution in [-0.2, 0) is 11.2 Å². The van der Waals surface area contributed by atoms with Gasteiger partial charge in [-0.1, -0.05) is 19.3 Å². The summed E-state index contributed by atoms with van der Waals surface area (Å²) in [5.41, 5.74) is 6.17. The molecule has 3 nitrogen and oxygen atoms in total. The number of hydrogen-bond donors (Lipinski definition) is 1. The fourth-order valence-corrected chi connectivity index (χ4v) is 2.71. The molecular formula is C13H21NO2. The molecule has 1 aliphatic rings. The maximum atomic E-state index is 6.30. The molecule has 0 amide bonds. The molecule has 2 N–H and O–H groups in total. The van der Waals surface area contributed by atoms with Gasteiger partial charge in [-0.3, -0.25) is 0 Å². The van der Waals surface area contributed by atoms with Crippen LogP contribution in [-0.4, -0.2) is 18.8 Å². The maximum absolute atomic E-state index is 6.30. The number of nitrogens with two attached hydrogens (primary N) is 1. The molecule has 1 heterocycles. The van der Waals surface area contributed by atoms with E-state index in [1.165, 1.54) is 19.3 Å². The third kappa shape index (κ3) is 2.30. The number of hydrogen-bond acceptors (Lipinski definition) is 3. The van der Waals surface area contributed by atoms with Crippen LogP contribution < -0.4 is 5.73 Å². The highest BCUT2D eigenvalue weighted by Gasteiger charge is 2.38. The summed E-state index contributed by atoms with van der Waals surface area (Å²) in [6, 6.07) is 3.91. The fraction of sp³-hybridized carbons (Fsp3) is 0.692. The van der Waals surface area contributed by atoms with Gasteiger partial charge in [-0.2, -0.15) is 0 Å². The highest BCUT2D eigenvalue weighted by atomic mass is 16.5. The lowest BCUT2D eigenvalue weighted by Crippen LogP contribution is -2.51. The minimum absolute atomic E-state index is 0.0314. The van der Waals surface area contributed by atoms with Crippen molar-refractivity contribution in [2.24, 2.45) is 5.73 Å². The summed E-state index contributed by atoms with van der Waals surface area (Å²) < 4.78 is 11.1. The van der Waals surface area contributed by atoms with Crippen LogP contribution in [0.1, 0.15) is 37.9 Å². The molecule has 3 heteroatoms. The molecule has 0 aliphatic heterocycles. The zero-order valence-electron chi connectivity index (χ0n) is 9.95. The molecule has 0 aromatic carbocycles. The Hall–Kier alpha value is -0.800. The lowest BCUT2D eigenvalue weighted by atomic mass is 9.78. The molecule has 90 valence electrons. The average molecular weight is 223 g/mol. The highest BCUT2D eigenvalue weighted by Crippen LogP contribution is 2.34. The van der Waals surface area contributed by atoms with Gasteiger partial charge in [-0.25, -0.2) is 0 Å². The standard InChI is InChI=1S/C13H21NO2/c1-15-13(7-3-2-4-8-13)12(14)10-11-6-5-9-16-11/h5-6,9,12H,2-4,7-8,10,14H2,1H3. The number of methoxy groups -OCH3 is 1. The Morgan fingerprint density at radius 1 is 1.44 bits per heavy atom. The fourth-order valence-electron chi connectivity index (χ4n) is 2.71. The van der Waals surface area contributed by atoms with E-state index in [1.54, 1.807) is 13.4 Å². The van der Waals surface area contributed by atoms with Gasteiger partial charge < -0.3 is 14.9 Å². The van der Waals surface area contributed by atoms with E-state index in [0.717, 1.165) is 25.0 Å². The van der Waals surface area contributed by atoms with Gasteiger partial charge in [0.25, 0.3) is 0 Å². The topological polar surface area (TPSA) is 48.4 Å². The summed E-state index contributed by atoms with van der Waals surface area (Å²) in [5.74, 6) is 0.953. The van der Waals surface area contributed by atoms with Crippen molar-refractivity contribution in [2.75, 3.05) is 7.11 Å². The van der Waals surface area contributed by atoms with Crippen molar-refractivity contribution < 1.29 is 9.15 Å². The Labute approximate surface area is 97.0 Å². The molecule has 2 rings (SSSR count). The Morgan fingerprint density at radius 2 is 2.19 bits per heavy atom. The van der Waals surface area contributed by atoms with E-state index in [2.05, 4.69) is 0 Å². The van der Waals surface area contributed by atoms with E-state index in [4.69, 9.17) is 14.9 Å². The first-order valence-electron chi connectivity index (χ1n) is 6.10. The summed E-state index contributed by atoms with van der Waals surface area (Å²) in [4.78, 5) is 0. The van der Waals surface area contributed by atoms with E-state index in [0.29, 0.717) is 0 Å². The van der Waals surface area contributed by atoms with Crippen molar-refractivity contribution in [1.29, 1.82) is 0 Å². The molecule has 1 aromatic rings. The first-order valence-corrected chi connectivity index (χ1v) is 6.10. The maximum Gasteiger partial charge on any atom is 0.105 e. The van der Waals surface area contributed by atoms with Gasteiger partial charge >= 0.3 is 0 Å². The predicted octanol–water partition coefficient (Wildman–Crippen LogP) is 2.50. The zero-order chi connectivity index (χ0) is 11.4. The zero-order valence-corrected chi connectivity index (χ0v) is 9.95. The van der Waals surface area contributed by atoms with Crippen molar-refractivity contribution in [3.05, 3.63) is 24.2 Å². The first-order chi connectivity index (χ1) is 7.77. The molecule has 1 fully saturated rings. The molecule has 1 aromatic heterocycles. The largest absolute Gasteiger partial charge is 0.469 e. The van der Waals surface area contributed by atoms with Crippen LogP contribution in [0.4, 0.5) is 0 Å². The molecule has 1 unspecified atom stereocenters. The van der Waals surface area contributed by atoms with Crippen LogP contribution in [0.3, 0.4) is 0 Å². The van der Waals surface area contributed by atoms with Crippen LogP contribution in [0.5, 0.6) is 0 Å². The van der Waals surface area contributed by atoms with Crippen LogP contribution in [0.2, 0.25) is 0 Å². The SMILES string of the molecule is COC1(C(N)Cc2ccco2)CCCCC1. The summed E-state index contributed by atoms with van der Waals surface area (Å²) in [5, 5.41) is 0. The Balaban J connectivity index is 2.02. The van der Waals surface area contributed by atoms with Crippen molar-refractivity contribution in [1.82, 2.24) is 0 Å². The van der Waals surface area contributed by atoms with Gasteiger partial charge in [0.05, 0.1) is 11.9 Å². The molecule has 0 spiro atoms. The smallest absolute Gasteiger partial charge is 0.105 e. The van der Waals surface area contributed by atoms with Crippen molar-refractivity contribution in [3.63, 3.8) is 0 Å². The van der Waals surface area contributed by atoms with Crippen molar-refractivity contribution in [2.45, 2.75) is 50.2 Å². The molecule has 1 aliphatic carbocycles. The van der Waals surface area contributed by atoms with Gasteiger partial charge in [0.2, 0.25) is 0 Å².